The largest absolute Gasteiger partial charge is 0.310 e. The van der Waals surface area contributed by atoms with Crippen molar-refractivity contribution in [3.05, 3.63) is 395 Å². The summed E-state index contributed by atoms with van der Waals surface area (Å²) in [6.07, 6.45) is 4.71. The van der Waals surface area contributed by atoms with Crippen LogP contribution in [0, 0.1) is 0 Å². The molecule has 4 aliphatic rings. The van der Waals surface area contributed by atoms with Gasteiger partial charge in [0.15, 0.2) is 0 Å². The maximum Gasteiger partial charge on any atom is 0.0726 e. The lowest BCUT2D eigenvalue weighted by atomic mass is 9.70. The second kappa shape index (κ2) is 20.2. The Morgan fingerprint density at radius 1 is 0.170 bits per heavy atom. The monoisotopic (exact) mass is 1190 g/mol. The van der Waals surface area contributed by atoms with Crippen LogP contribution in [0.25, 0.3) is 99.7 Å². The average molecular weight is 1190 g/mol. The zero-order valence-corrected chi connectivity index (χ0v) is 51.4. The number of benzene rings is 16. The van der Waals surface area contributed by atoms with Crippen LogP contribution in [0.15, 0.2) is 340 Å². The van der Waals surface area contributed by atoms with E-state index >= 15 is 0 Å². The van der Waals surface area contributed by atoms with Crippen LogP contribution < -0.4 is 9.80 Å². The van der Waals surface area contributed by atoms with E-state index in [2.05, 4.69) is 362 Å². The molecule has 0 radical (unpaired) electrons. The normalized spacial score (nSPS) is 13.7. The van der Waals surface area contributed by atoms with Crippen molar-refractivity contribution in [1.29, 1.82) is 0 Å². The van der Waals surface area contributed by atoms with Gasteiger partial charge < -0.3 is 9.80 Å². The molecule has 2 spiro atoms. The quantitative estimate of drug-likeness (QED) is 0.140. The first-order chi connectivity index (χ1) is 46.6. The Labute approximate surface area is 546 Å². The summed E-state index contributed by atoms with van der Waals surface area (Å²) in [4.78, 5) is 4.93. The molecular formula is C92H58N2. The summed E-state index contributed by atoms with van der Waals surface area (Å²) in [6.45, 7) is 0. The minimum atomic E-state index is -0.581. The number of hydrogen-bond donors (Lipinski definition) is 0. The molecule has 94 heavy (non-hydrogen) atoms. The average Bonchev–Trinajstić information content (AvgIpc) is 1.52. The van der Waals surface area contributed by atoms with Crippen LogP contribution >= 0.6 is 0 Å². The van der Waals surface area contributed by atoms with Crippen molar-refractivity contribution in [2.75, 3.05) is 9.80 Å². The molecule has 0 saturated carbocycles. The topological polar surface area (TPSA) is 6.48 Å². The van der Waals surface area contributed by atoms with E-state index in [0.29, 0.717) is 0 Å². The number of nitrogens with zero attached hydrogens (tertiary/aromatic N) is 2. The summed E-state index contributed by atoms with van der Waals surface area (Å²) in [5, 5.41) is 9.73. The van der Waals surface area contributed by atoms with Gasteiger partial charge in [-0.15, -0.1) is 0 Å². The van der Waals surface area contributed by atoms with Gasteiger partial charge in [0.05, 0.1) is 10.8 Å². The smallest absolute Gasteiger partial charge is 0.0726 e. The van der Waals surface area contributed by atoms with Gasteiger partial charge in [0.2, 0.25) is 0 Å². The van der Waals surface area contributed by atoms with Crippen LogP contribution in [-0.2, 0) is 10.8 Å². The minimum Gasteiger partial charge on any atom is -0.310 e. The molecule has 0 aliphatic heterocycles. The summed E-state index contributed by atoms with van der Waals surface area (Å²) in [5.74, 6) is 0. The third-order valence-corrected chi connectivity index (χ3v) is 21.1. The first kappa shape index (κ1) is 52.7. The summed E-state index contributed by atoms with van der Waals surface area (Å²) in [6, 6.07) is 128. The van der Waals surface area contributed by atoms with Crippen LogP contribution in [0.3, 0.4) is 0 Å². The standard InChI is InChI=1S/C92H58N2/c1-5-21-65-53-69(41-37-61(65)17-1)93(70-42-38-62-18-2-6-22-66(62)54-70)73-45-49-81-79-47-35-59(51-87(79)91(89(81)57-73)83-29-13-9-25-75(83)76-26-10-14-30-84(76)91)33-34-60-36-48-80-82-50-46-74(58-90(82)92(88(80)52-60)85-31-15-11-27-77(85)78-28-12-16-32-86(78)92)94(71-43-39-63-19-3-7-23-67(63)55-71)72-44-40-64-20-4-8-24-68(64)56-72/h1-58H/b34-33+. The first-order valence-corrected chi connectivity index (χ1v) is 32.8. The molecule has 0 heterocycles. The number of fused-ring (bicyclic) bond motifs is 24. The molecule has 0 fully saturated rings. The zero-order chi connectivity index (χ0) is 61.6. The Bertz CT molecular complexity index is 5310. The van der Waals surface area contributed by atoms with Crippen LogP contribution in [-0.4, -0.2) is 0 Å². The molecular weight excluding hydrogens is 1130 g/mol. The second-order valence-electron chi connectivity index (χ2n) is 25.9. The molecule has 0 N–H and O–H groups in total. The predicted octanol–water partition coefficient (Wildman–Crippen LogP) is 24.1. The Kier molecular flexibility index (Phi) is 11.3. The van der Waals surface area contributed by atoms with Gasteiger partial charge in [0.1, 0.15) is 0 Å². The Balaban J connectivity index is 0.738. The summed E-state index contributed by atoms with van der Waals surface area (Å²) < 4.78 is 0. The zero-order valence-electron chi connectivity index (χ0n) is 51.4. The lowest BCUT2D eigenvalue weighted by molar-refractivity contribution is 0.793. The fraction of sp³-hybridized carbons (Fsp3) is 0.0217. The predicted molar refractivity (Wildman–Crippen MR) is 394 cm³/mol. The lowest BCUT2D eigenvalue weighted by Gasteiger charge is -2.32. The highest BCUT2D eigenvalue weighted by atomic mass is 15.1. The van der Waals surface area contributed by atoms with Gasteiger partial charge in [0, 0.05) is 34.1 Å². The van der Waals surface area contributed by atoms with E-state index in [4.69, 9.17) is 0 Å². The number of hydrogen-bond acceptors (Lipinski definition) is 2. The highest BCUT2D eigenvalue weighted by Crippen LogP contribution is 2.66. The fourth-order valence-electron chi connectivity index (χ4n) is 17.1. The van der Waals surface area contributed by atoms with Gasteiger partial charge in [-0.1, -0.05) is 267 Å². The highest BCUT2D eigenvalue weighted by molar-refractivity contribution is 6.02. The highest BCUT2D eigenvalue weighted by Gasteiger charge is 2.53. The van der Waals surface area contributed by atoms with Crippen LogP contribution in [0.2, 0.25) is 0 Å². The van der Waals surface area contributed by atoms with E-state index in [-0.39, 0.29) is 0 Å². The Hall–Kier alpha value is -12.1. The molecule has 0 bridgehead atoms. The SMILES string of the molecule is C(=C\c1ccc2c(c1)C1(c3ccccc3-c3ccccc31)c1cc(N(c3ccc4ccccc4c3)c3ccc4ccccc4c3)ccc1-2)/c1ccc2c(c1)C1(c3ccccc3-c3ccccc31)c1cc(N(c3ccc4ccccc4c3)c3ccc4ccccc4c3)ccc1-2. The summed E-state index contributed by atoms with van der Waals surface area (Å²) in [5.41, 5.74) is 28.5. The molecule has 16 aromatic rings. The van der Waals surface area contributed by atoms with Crippen molar-refractivity contribution in [2.45, 2.75) is 10.8 Å². The molecule has 16 aromatic carbocycles. The van der Waals surface area contributed by atoms with Crippen molar-refractivity contribution < 1.29 is 0 Å². The summed E-state index contributed by atoms with van der Waals surface area (Å²) in [7, 11) is 0. The fourth-order valence-corrected chi connectivity index (χ4v) is 17.1. The summed E-state index contributed by atoms with van der Waals surface area (Å²) >= 11 is 0. The maximum atomic E-state index is 2.51. The molecule has 2 heteroatoms. The minimum absolute atomic E-state index is 0.581. The van der Waals surface area contributed by atoms with Gasteiger partial charge in [-0.3, -0.25) is 0 Å². The van der Waals surface area contributed by atoms with Crippen LogP contribution in [0.5, 0.6) is 0 Å². The molecule has 0 unspecified atom stereocenters. The third kappa shape index (κ3) is 7.54. The number of rotatable bonds is 8. The second-order valence-corrected chi connectivity index (χ2v) is 25.9. The molecule has 0 atom stereocenters. The van der Waals surface area contributed by atoms with Gasteiger partial charge >= 0.3 is 0 Å². The molecule has 0 saturated heterocycles. The molecule has 0 amide bonds. The molecule has 436 valence electrons. The Morgan fingerprint density at radius 2 is 0.394 bits per heavy atom. The van der Waals surface area contributed by atoms with E-state index in [0.717, 1.165) is 45.3 Å². The molecule has 0 aromatic heterocycles. The Morgan fingerprint density at radius 3 is 0.702 bits per heavy atom. The van der Waals surface area contributed by atoms with E-state index in [9.17, 15) is 0 Å². The van der Waals surface area contributed by atoms with E-state index in [1.165, 1.54) is 132 Å². The van der Waals surface area contributed by atoms with Crippen LogP contribution in [0.1, 0.15) is 55.6 Å². The van der Waals surface area contributed by atoms with E-state index < -0.39 is 10.8 Å². The third-order valence-electron chi connectivity index (χ3n) is 21.1. The van der Waals surface area contributed by atoms with Crippen molar-refractivity contribution in [3.63, 3.8) is 0 Å². The molecule has 20 rings (SSSR count). The van der Waals surface area contributed by atoms with E-state index in [1.54, 1.807) is 0 Å². The number of anilines is 6. The lowest BCUT2D eigenvalue weighted by Crippen LogP contribution is -2.26. The van der Waals surface area contributed by atoms with Crippen LogP contribution in [0.4, 0.5) is 34.1 Å². The van der Waals surface area contributed by atoms with Crippen molar-refractivity contribution in [2.24, 2.45) is 0 Å². The van der Waals surface area contributed by atoms with Crippen molar-refractivity contribution in [3.8, 4) is 44.5 Å². The van der Waals surface area contributed by atoms with Gasteiger partial charge in [-0.2, -0.15) is 0 Å². The molecule has 4 aliphatic carbocycles. The van der Waals surface area contributed by atoms with Gasteiger partial charge in [-0.25, -0.2) is 0 Å². The van der Waals surface area contributed by atoms with E-state index in [1.807, 2.05) is 0 Å². The van der Waals surface area contributed by atoms with Gasteiger partial charge in [0.25, 0.3) is 0 Å². The van der Waals surface area contributed by atoms with Gasteiger partial charge in [-0.05, 0) is 228 Å². The first-order valence-electron chi connectivity index (χ1n) is 32.8. The maximum absolute atomic E-state index is 2.51. The van der Waals surface area contributed by atoms with Crippen molar-refractivity contribution in [1.82, 2.24) is 0 Å². The molecule has 2 nitrogen and oxygen atoms in total. The van der Waals surface area contributed by atoms with Crippen molar-refractivity contribution >= 4 is 89.4 Å².